The van der Waals surface area contributed by atoms with Gasteiger partial charge in [0.25, 0.3) is 0 Å². The van der Waals surface area contributed by atoms with Crippen molar-refractivity contribution in [2.75, 3.05) is 11.9 Å². The van der Waals surface area contributed by atoms with Gasteiger partial charge in [0, 0.05) is 24.2 Å². The van der Waals surface area contributed by atoms with E-state index in [9.17, 15) is 9.59 Å². The van der Waals surface area contributed by atoms with Gasteiger partial charge in [-0.1, -0.05) is 53.8 Å². The molecule has 1 heterocycles. The van der Waals surface area contributed by atoms with Crippen molar-refractivity contribution < 1.29 is 4.79 Å². The normalized spacial score (nSPS) is 10.7. The lowest BCUT2D eigenvalue weighted by Gasteiger charge is -2.19. The Morgan fingerprint density at radius 2 is 1.77 bits per heavy atom. The second-order valence-electron chi connectivity index (χ2n) is 6.05. The zero-order valence-corrected chi connectivity index (χ0v) is 15.6. The molecule has 0 unspecified atom stereocenters. The first kappa shape index (κ1) is 18.1. The lowest BCUT2D eigenvalue weighted by molar-refractivity contribution is -0.118. The number of hydrogen-bond acceptors (Lipinski definition) is 4. The number of amides is 1. The summed E-state index contributed by atoms with van der Waals surface area (Å²) in [7, 11) is 1.71. The van der Waals surface area contributed by atoms with E-state index in [1.807, 2.05) is 61.5 Å². The molecule has 0 saturated heterocycles. The second-order valence-corrected chi connectivity index (χ2v) is 7.21. The summed E-state index contributed by atoms with van der Waals surface area (Å²) in [4.78, 5) is 27.5. The number of rotatable bonds is 5. The van der Waals surface area contributed by atoms with Gasteiger partial charge in [-0.05, 0) is 30.2 Å². The Morgan fingerprint density at radius 3 is 2.38 bits per heavy atom. The van der Waals surface area contributed by atoms with Gasteiger partial charge in [-0.2, -0.15) is 0 Å². The average molecular weight is 367 g/mol. The molecule has 0 radical (unpaired) electrons. The molecule has 0 spiro atoms. The lowest BCUT2D eigenvalue weighted by atomic mass is 10.1. The number of carbonyl (C=O) groups excluding carboxylic acids is 1. The molecule has 3 rings (SSSR count). The number of nitrogens with two attached hydrogens (primary N) is 1. The molecule has 134 valence electrons. The highest BCUT2D eigenvalue weighted by Gasteiger charge is 2.18. The maximum Gasteiger partial charge on any atom is 0.308 e. The maximum absolute atomic E-state index is 12.8. The van der Waals surface area contributed by atoms with Crippen LogP contribution in [0.3, 0.4) is 0 Å². The Hall–Kier alpha value is -2.70. The molecule has 0 aliphatic rings. The average Bonchev–Trinajstić information content (AvgIpc) is 2.95. The fraction of sp³-hybridized carbons (Fsp3) is 0.200. The Labute approximate surface area is 156 Å². The van der Waals surface area contributed by atoms with Crippen LogP contribution in [0.1, 0.15) is 10.4 Å². The molecule has 6 heteroatoms. The van der Waals surface area contributed by atoms with Crippen LogP contribution in [0.15, 0.2) is 59.4 Å². The Morgan fingerprint density at radius 1 is 1.12 bits per heavy atom. The first-order valence-corrected chi connectivity index (χ1v) is 9.14. The van der Waals surface area contributed by atoms with Gasteiger partial charge in [0.05, 0.1) is 5.69 Å². The summed E-state index contributed by atoms with van der Waals surface area (Å²) < 4.78 is 1.56. The van der Waals surface area contributed by atoms with Gasteiger partial charge in [-0.3, -0.25) is 14.2 Å². The van der Waals surface area contributed by atoms with Crippen molar-refractivity contribution in [2.24, 2.45) is 5.73 Å². The Balaban J connectivity index is 1.88. The molecule has 0 fully saturated rings. The standard InChI is InChI=1S/C20H21N3O2S/c1-14-19(16-6-4-3-5-7-16)23(20(25)26-14)13-18(24)22(2)17-10-8-15(12-21)9-11-17/h3-11H,12-13,21H2,1-2H3. The number of carbonyl (C=O) groups is 1. The van der Waals surface area contributed by atoms with Gasteiger partial charge in [-0.25, -0.2) is 0 Å². The van der Waals surface area contributed by atoms with E-state index in [1.165, 1.54) is 11.3 Å². The van der Waals surface area contributed by atoms with E-state index in [-0.39, 0.29) is 17.3 Å². The van der Waals surface area contributed by atoms with Crippen molar-refractivity contribution in [3.63, 3.8) is 0 Å². The second kappa shape index (κ2) is 7.68. The van der Waals surface area contributed by atoms with Crippen molar-refractivity contribution in [1.29, 1.82) is 0 Å². The number of aromatic nitrogens is 1. The highest BCUT2D eigenvalue weighted by molar-refractivity contribution is 7.09. The summed E-state index contributed by atoms with van der Waals surface area (Å²) in [6.07, 6.45) is 0. The molecule has 1 amide bonds. The van der Waals surface area contributed by atoms with Crippen LogP contribution in [0.25, 0.3) is 11.3 Å². The smallest absolute Gasteiger partial charge is 0.308 e. The van der Waals surface area contributed by atoms with Crippen LogP contribution in [0.2, 0.25) is 0 Å². The van der Waals surface area contributed by atoms with Crippen LogP contribution in [0, 0.1) is 6.92 Å². The summed E-state index contributed by atoms with van der Waals surface area (Å²) in [5, 5.41) is 0. The molecule has 0 aliphatic carbocycles. The first-order chi connectivity index (χ1) is 12.5. The van der Waals surface area contributed by atoms with Crippen LogP contribution >= 0.6 is 11.3 Å². The molecule has 0 atom stereocenters. The molecule has 5 nitrogen and oxygen atoms in total. The van der Waals surface area contributed by atoms with Gasteiger partial charge >= 0.3 is 4.87 Å². The van der Waals surface area contributed by atoms with Crippen molar-refractivity contribution >= 4 is 22.9 Å². The summed E-state index contributed by atoms with van der Waals surface area (Å²) in [5.41, 5.74) is 9.13. The van der Waals surface area contributed by atoms with E-state index in [0.717, 1.165) is 27.4 Å². The van der Waals surface area contributed by atoms with Crippen molar-refractivity contribution in [1.82, 2.24) is 4.57 Å². The van der Waals surface area contributed by atoms with E-state index in [2.05, 4.69) is 0 Å². The Kier molecular flexibility index (Phi) is 5.35. The molecule has 2 aromatic carbocycles. The third-order valence-electron chi connectivity index (χ3n) is 4.34. The number of likely N-dealkylation sites (N-methyl/N-ethyl adjacent to an activating group) is 1. The minimum atomic E-state index is -0.150. The van der Waals surface area contributed by atoms with Gasteiger partial charge < -0.3 is 10.6 Å². The maximum atomic E-state index is 12.8. The highest BCUT2D eigenvalue weighted by Crippen LogP contribution is 2.25. The minimum absolute atomic E-state index is 0.00252. The monoisotopic (exact) mass is 367 g/mol. The molecule has 26 heavy (non-hydrogen) atoms. The molecule has 1 aromatic heterocycles. The predicted molar refractivity (Wildman–Crippen MR) is 106 cm³/mol. The quantitative estimate of drug-likeness (QED) is 0.754. The van der Waals surface area contributed by atoms with Crippen LogP contribution in [-0.4, -0.2) is 17.5 Å². The third-order valence-corrected chi connectivity index (χ3v) is 5.23. The molecular weight excluding hydrogens is 346 g/mol. The van der Waals surface area contributed by atoms with Crippen molar-refractivity contribution in [3.8, 4) is 11.3 Å². The number of anilines is 1. The molecule has 3 aromatic rings. The van der Waals surface area contributed by atoms with Gasteiger partial charge in [0.1, 0.15) is 6.54 Å². The van der Waals surface area contributed by atoms with E-state index < -0.39 is 0 Å². The molecule has 0 bridgehead atoms. The minimum Gasteiger partial charge on any atom is -0.326 e. The van der Waals surface area contributed by atoms with E-state index in [0.29, 0.717) is 6.54 Å². The zero-order chi connectivity index (χ0) is 18.7. The van der Waals surface area contributed by atoms with Gasteiger partial charge in [0.2, 0.25) is 5.91 Å². The summed E-state index contributed by atoms with van der Waals surface area (Å²) in [6, 6.07) is 17.2. The SMILES string of the molecule is Cc1sc(=O)n(CC(=O)N(C)c2ccc(CN)cc2)c1-c1ccccc1. The van der Waals surface area contributed by atoms with Gasteiger partial charge in [0.15, 0.2) is 0 Å². The van der Waals surface area contributed by atoms with E-state index in [4.69, 9.17) is 5.73 Å². The predicted octanol–water partition coefficient (Wildman–Crippen LogP) is 3.01. The number of nitrogens with zero attached hydrogens (tertiary/aromatic N) is 2. The fourth-order valence-corrected chi connectivity index (χ4v) is 3.71. The van der Waals surface area contributed by atoms with Crippen molar-refractivity contribution in [3.05, 3.63) is 74.7 Å². The largest absolute Gasteiger partial charge is 0.326 e. The van der Waals surface area contributed by atoms with Crippen LogP contribution in [-0.2, 0) is 17.9 Å². The molecule has 0 saturated carbocycles. The number of thiazole rings is 1. The summed E-state index contributed by atoms with van der Waals surface area (Å²) in [6.45, 7) is 2.37. The highest BCUT2D eigenvalue weighted by atomic mass is 32.1. The van der Waals surface area contributed by atoms with Crippen LogP contribution in [0.4, 0.5) is 5.69 Å². The molecular formula is C20H21N3O2S. The lowest BCUT2D eigenvalue weighted by Crippen LogP contribution is -2.32. The number of aryl methyl sites for hydroxylation is 1. The summed E-state index contributed by atoms with van der Waals surface area (Å²) in [5.74, 6) is -0.150. The van der Waals surface area contributed by atoms with Crippen LogP contribution < -0.4 is 15.5 Å². The Bertz CT molecular complexity index is 959. The van der Waals surface area contributed by atoms with E-state index >= 15 is 0 Å². The zero-order valence-electron chi connectivity index (χ0n) is 14.8. The number of benzene rings is 2. The van der Waals surface area contributed by atoms with Gasteiger partial charge in [-0.15, -0.1) is 0 Å². The fourth-order valence-electron chi connectivity index (χ4n) is 2.86. The topological polar surface area (TPSA) is 68.3 Å². The van der Waals surface area contributed by atoms with Crippen molar-refractivity contribution in [2.45, 2.75) is 20.0 Å². The molecule has 0 aliphatic heterocycles. The number of hydrogen-bond donors (Lipinski definition) is 1. The third kappa shape index (κ3) is 3.61. The first-order valence-electron chi connectivity index (χ1n) is 8.32. The molecule has 2 N–H and O–H groups in total. The van der Waals surface area contributed by atoms with E-state index in [1.54, 1.807) is 16.5 Å². The van der Waals surface area contributed by atoms with Crippen LogP contribution in [0.5, 0.6) is 0 Å². The summed E-state index contributed by atoms with van der Waals surface area (Å²) >= 11 is 1.17.